The minimum atomic E-state index is -0.855. The standard InChI is InChI=1S/C12H13FN2O3/c1-2-18-12(17)11(15-14)10(16)7-8-3-5-9(13)6-4-8/h3-6H,2,7,14H2,1H3. The predicted octanol–water partition coefficient (Wildman–Crippen LogP) is 0.815. The summed E-state index contributed by atoms with van der Waals surface area (Å²) in [6.45, 7) is 1.73. The van der Waals surface area contributed by atoms with E-state index in [0.717, 1.165) is 0 Å². The molecule has 0 heterocycles. The molecule has 0 unspecified atom stereocenters. The van der Waals surface area contributed by atoms with Gasteiger partial charge in [0, 0.05) is 6.42 Å². The summed E-state index contributed by atoms with van der Waals surface area (Å²) in [4.78, 5) is 23.1. The molecule has 6 heteroatoms. The van der Waals surface area contributed by atoms with Gasteiger partial charge in [-0.05, 0) is 24.6 Å². The van der Waals surface area contributed by atoms with Gasteiger partial charge in [0.05, 0.1) is 6.61 Å². The van der Waals surface area contributed by atoms with Gasteiger partial charge < -0.3 is 10.6 Å². The van der Waals surface area contributed by atoms with Crippen molar-refractivity contribution in [3.05, 3.63) is 35.6 Å². The van der Waals surface area contributed by atoms with E-state index in [2.05, 4.69) is 9.84 Å². The van der Waals surface area contributed by atoms with Crippen LogP contribution in [0.4, 0.5) is 4.39 Å². The molecule has 18 heavy (non-hydrogen) atoms. The highest BCUT2D eigenvalue weighted by Gasteiger charge is 2.21. The second-order valence-electron chi connectivity index (χ2n) is 3.42. The van der Waals surface area contributed by atoms with Crippen LogP contribution in [0.15, 0.2) is 29.4 Å². The number of Topliss-reactive ketones (excluding diaryl/α,β-unsaturated/α-hetero) is 1. The van der Waals surface area contributed by atoms with Gasteiger partial charge in [0.15, 0.2) is 5.78 Å². The van der Waals surface area contributed by atoms with Crippen LogP contribution >= 0.6 is 0 Å². The highest BCUT2D eigenvalue weighted by molar-refractivity contribution is 6.64. The third kappa shape index (κ3) is 3.65. The lowest BCUT2D eigenvalue weighted by molar-refractivity contribution is -0.135. The van der Waals surface area contributed by atoms with Gasteiger partial charge in [0.25, 0.3) is 0 Å². The molecule has 0 saturated heterocycles. The normalized spacial score (nSPS) is 11.1. The molecule has 1 rings (SSSR count). The molecule has 1 aromatic rings. The van der Waals surface area contributed by atoms with Crippen LogP contribution in [0.25, 0.3) is 0 Å². The molecule has 0 atom stereocenters. The average Bonchev–Trinajstić information content (AvgIpc) is 2.33. The largest absolute Gasteiger partial charge is 0.461 e. The Morgan fingerprint density at radius 1 is 1.33 bits per heavy atom. The number of ketones is 1. The summed E-state index contributed by atoms with van der Waals surface area (Å²) in [7, 11) is 0. The molecule has 0 fully saturated rings. The molecule has 1 aromatic carbocycles. The van der Waals surface area contributed by atoms with Crippen LogP contribution in [0.5, 0.6) is 0 Å². The van der Waals surface area contributed by atoms with E-state index >= 15 is 0 Å². The van der Waals surface area contributed by atoms with Crippen LogP contribution in [-0.4, -0.2) is 24.1 Å². The molecule has 96 valence electrons. The first kappa shape index (κ1) is 13.8. The van der Waals surface area contributed by atoms with Gasteiger partial charge in [-0.2, -0.15) is 5.10 Å². The van der Waals surface area contributed by atoms with Crippen LogP contribution in [0, 0.1) is 5.82 Å². The summed E-state index contributed by atoms with van der Waals surface area (Å²) in [5.41, 5.74) is 0.119. The Kier molecular flexibility index (Phi) is 4.98. The van der Waals surface area contributed by atoms with Crippen molar-refractivity contribution in [2.24, 2.45) is 10.9 Å². The third-order valence-corrected chi connectivity index (χ3v) is 2.14. The summed E-state index contributed by atoms with van der Waals surface area (Å²) in [6, 6.07) is 5.36. The number of halogens is 1. The quantitative estimate of drug-likeness (QED) is 0.276. The zero-order chi connectivity index (χ0) is 13.5. The molecular weight excluding hydrogens is 239 g/mol. The number of hydrogen-bond donors (Lipinski definition) is 1. The number of carbonyl (C=O) groups is 2. The fourth-order valence-corrected chi connectivity index (χ4v) is 1.31. The summed E-state index contributed by atoms with van der Waals surface area (Å²) in [6.07, 6.45) is -0.0882. The van der Waals surface area contributed by atoms with E-state index in [0.29, 0.717) is 5.56 Å². The Labute approximate surface area is 103 Å². The number of hydrazone groups is 1. The number of nitrogens with two attached hydrogens (primary N) is 1. The molecule has 5 nitrogen and oxygen atoms in total. The molecule has 0 aliphatic heterocycles. The number of esters is 1. The number of benzene rings is 1. The molecule has 0 bridgehead atoms. The number of hydrogen-bond acceptors (Lipinski definition) is 5. The van der Waals surface area contributed by atoms with Crippen molar-refractivity contribution in [3.8, 4) is 0 Å². The van der Waals surface area contributed by atoms with E-state index in [1.165, 1.54) is 24.3 Å². The van der Waals surface area contributed by atoms with E-state index < -0.39 is 23.3 Å². The zero-order valence-electron chi connectivity index (χ0n) is 9.85. The zero-order valence-corrected chi connectivity index (χ0v) is 9.85. The first-order valence-corrected chi connectivity index (χ1v) is 5.31. The molecule has 0 spiro atoms. The van der Waals surface area contributed by atoms with Gasteiger partial charge in [-0.25, -0.2) is 9.18 Å². The number of nitrogens with zero attached hydrogens (tertiary/aromatic N) is 1. The second kappa shape index (κ2) is 6.48. The topological polar surface area (TPSA) is 81.8 Å². The lowest BCUT2D eigenvalue weighted by Gasteiger charge is -2.04. The molecule has 0 radical (unpaired) electrons. The van der Waals surface area contributed by atoms with E-state index in [-0.39, 0.29) is 13.0 Å². The first-order chi connectivity index (χ1) is 8.58. The molecule has 0 saturated carbocycles. The lowest BCUT2D eigenvalue weighted by Crippen LogP contribution is -2.29. The summed E-state index contributed by atoms with van der Waals surface area (Å²) >= 11 is 0. The van der Waals surface area contributed by atoms with Crippen molar-refractivity contribution in [3.63, 3.8) is 0 Å². The van der Waals surface area contributed by atoms with Crippen LogP contribution in [0.2, 0.25) is 0 Å². The van der Waals surface area contributed by atoms with Crippen molar-refractivity contribution in [2.75, 3.05) is 6.61 Å². The second-order valence-corrected chi connectivity index (χ2v) is 3.42. The summed E-state index contributed by atoms with van der Waals surface area (Å²) < 4.78 is 17.3. The molecular formula is C12H13FN2O3. The fraction of sp³-hybridized carbons (Fsp3) is 0.250. The molecule has 0 amide bonds. The molecule has 0 aliphatic carbocycles. The number of rotatable bonds is 5. The highest BCUT2D eigenvalue weighted by atomic mass is 19.1. The first-order valence-electron chi connectivity index (χ1n) is 5.31. The minimum Gasteiger partial charge on any atom is -0.461 e. The SMILES string of the molecule is CCOC(=O)C(=NN)C(=O)Cc1ccc(F)cc1. The maximum absolute atomic E-state index is 12.7. The monoisotopic (exact) mass is 252 g/mol. The van der Waals surface area contributed by atoms with Crippen LogP contribution in [-0.2, 0) is 20.7 Å². The van der Waals surface area contributed by atoms with Gasteiger partial charge in [-0.15, -0.1) is 0 Å². The molecule has 2 N–H and O–H groups in total. The summed E-state index contributed by atoms with van der Waals surface area (Å²) in [5, 5.41) is 3.14. The van der Waals surface area contributed by atoms with E-state index in [4.69, 9.17) is 5.84 Å². The van der Waals surface area contributed by atoms with Gasteiger partial charge in [-0.3, -0.25) is 4.79 Å². The van der Waals surface area contributed by atoms with Gasteiger partial charge >= 0.3 is 5.97 Å². The van der Waals surface area contributed by atoms with E-state index in [9.17, 15) is 14.0 Å². The maximum Gasteiger partial charge on any atom is 0.362 e. The third-order valence-electron chi connectivity index (χ3n) is 2.14. The van der Waals surface area contributed by atoms with Crippen LogP contribution < -0.4 is 5.84 Å². The van der Waals surface area contributed by atoms with Crippen molar-refractivity contribution in [1.82, 2.24) is 0 Å². The van der Waals surface area contributed by atoms with Crippen molar-refractivity contribution in [1.29, 1.82) is 0 Å². The highest BCUT2D eigenvalue weighted by Crippen LogP contribution is 2.05. The Morgan fingerprint density at radius 2 is 1.94 bits per heavy atom. The van der Waals surface area contributed by atoms with Crippen molar-refractivity contribution in [2.45, 2.75) is 13.3 Å². The Hall–Kier alpha value is -2.24. The fourth-order valence-electron chi connectivity index (χ4n) is 1.31. The predicted molar refractivity (Wildman–Crippen MR) is 63.4 cm³/mol. The van der Waals surface area contributed by atoms with Gasteiger partial charge in [-0.1, -0.05) is 12.1 Å². The summed E-state index contributed by atoms with van der Waals surface area (Å²) in [5.74, 6) is 3.17. The Balaban J connectivity index is 2.75. The average molecular weight is 252 g/mol. The Morgan fingerprint density at radius 3 is 2.44 bits per heavy atom. The Bertz CT molecular complexity index is 469. The van der Waals surface area contributed by atoms with Gasteiger partial charge in [0.2, 0.25) is 5.71 Å². The van der Waals surface area contributed by atoms with Crippen molar-refractivity contribution >= 4 is 17.5 Å². The number of ether oxygens (including phenoxy) is 1. The van der Waals surface area contributed by atoms with Gasteiger partial charge in [0.1, 0.15) is 5.82 Å². The lowest BCUT2D eigenvalue weighted by atomic mass is 10.1. The minimum absolute atomic E-state index is 0.0882. The van der Waals surface area contributed by atoms with E-state index in [1.807, 2.05) is 0 Å². The number of carbonyl (C=O) groups excluding carboxylic acids is 2. The maximum atomic E-state index is 12.7. The van der Waals surface area contributed by atoms with Crippen LogP contribution in [0.3, 0.4) is 0 Å². The van der Waals surface area contributed by atoms with Crippen LogP contribution in [0.1, 0.15) is 12.5 Å². The molecule has 0 aliphatic rings. The van der Waals surface area contributed by atoms with Crippen molar-refractivity contribution < 1.29 is 18.7 Å². The molecule has 0 aromatic heterocycles. The van der Waals surface area contributed by atoms with E-state index in [1.54, 1.807) is 6.92 Å². The smallest absolute Gasteiger partial charge is 0.362 e.